The van der Waals surface area contributed by atoms with Gasteiger partial charge in [0.05, 0.1) is 11.3 Å². The molecular formula is C15H11ClF3NS. The zero-order valence-electron chi connectivity index (χ0n) is 10.7. The van der Waals surface area contributed by atoms with Crippen LogP contribution in [0.15, 0.2) is 52.4 Å². The summed E-state index contributed by atoms with van der Waals surface area (Å²) in [6.07, 6.45) is -4.29. The molecule has 1 atom stereocenters. The van der Waals surface area contributed by atoms with Gasteiger partial charge in [0.15, 0.2) is 0 Å². The van der Waals surface area contributed by atoms with Crippen LogP contribution in [0.4, 0.5) is 18.9 Å². The molecule has 0 aromatic heterocycles. The van der Waals surface area contributed by atoms with Gasteiger partial charge in [0.25, 0.3) is 0 Å². The molecule has 0 fully saturated rings. The van der Waals surface area contributed by atoms with Gasteiger partial charge < -0.3 is 0 Å². The Hall–Kier alpha value is -1.46. The summed E-state index contributed by atoms with van der Waals surface area (Å²) in [5.41, 5.74) is 3.03. The number of hydrogen-bond donors (Lipinski definition) is 1. The highest BCUT2D eigenvalue weighted by Gasteiger charge is 2.30. The fourth-order valence-corrected chi connectivity index (χ4v) is 4.38. The molecule has 1 nitrogen and oxygen atoms in total. The van der Waals surface area contributed by atoms with E-state index in [-0.39, 0.29) is 0 Å². The molecule has 110 valence electrons. The largest absolute Gasteiger partial charge is 0.416 e. The smallest absolute Gasteiger partial charge is 0.250 e. The highest BCUT2D eigenvalue weighted by molar-refractivity contribution is 8.28. The molecule has 2 aromatic carbocycles. The molecule has 0 radical (unpaired) electrons. The first kappa shape index (κ1) is 14.5. The Kier molecular flexibility index (Phi) is 3.71. The highest BCUT2D eigenvalue weighted by Crippen LogP contribution is 2.48. The van der Waals surface area contributed by atoms with E-state index in [9.17, 15) is 13.2 Å². The van der Waals surface area contributed by atoms with Crippen LogP contribution < -0.4 is 0 Å². The number of fused-ring (bicyclic) bond motifs is 1. The Labute approximate surface area is 127 Å². The van der Waals surface area contributed by atoms with E-state index < -0.39 is 22.6 Å². The molecule has 0 amide bonds. The number of halogens is 4. The monoisotopic (exact) mass is 329 g/mol. The number of aliphatic imine (C=N–C) groups is 1. The molecule has 0 aliphatic carbocycles. The second-order valence-electron chi connectivity index (χ2n) is 4.70. The lowest BCUT2D eigenvalue weighted by atomic mass is 10.1. The first-order chi connectivity index (χ1) is 9.93. The van der Waals surface area contributed by atoms with Gasteiger partial charge in [-0.15, -0.1) is 0 Å². The van der Waals surface area contributed by atoms with Crippen molar-refractivity contribution in [3.63, 3.8) is 0 Å². The Morgan fingerprint density at radius 2 is 1.76 bits per heavy atom. The molecule has 0 spiro atoms. The zero-order chi connectivity index (χ0) is 15.0. The van der Waals surface area contributed by atoms with E-state index in [4.69, 9.17) is 11.6 Å². The van der Waals surface area contributed by atoms with Gasteiger partial charge in [0, 0.05) is 21.2 Å². The van der Waals surface area contributed by atoms with E-state index >= 15 is 0 Å². The second-order valence-corrected chi connectivity index (χ2v) is 7.11. The lowest BCUT2D eigenvalue weighted by molar-refractivity contribution is -0.137. The van der Waals surface area contributed by atoms with Crippen LogP contribution in [0.3, 0.4) is 0 Å². The van der Waals surface area contributed by atoms with Gasteiger partial charge in [0.2, 0.25) is 0 Å². The van der Waals surface area contributed by atoms with Crippen LogP contribution in [0.25, 0.3) is 0 Å². The maximum Gasteiger partial charge on any atom is 0.416 e. The molecule has 0 saturated carbocycles. The Balaban J connectivity index is 1.80. The summed E-state index contributed by atoms with van der Waals surface area (Å²) >= 11 is 5.99. The Morgan fingerprint density at radius 1 is 1.05 bits per heavy atom. The van der Waals surface area contributed by atoms with Crippen LogP contribution in [0, 0.1) is 0 Å². The summed E-state index contributed by atoms with van der Waals surface area (Å²) in [5.74, 6) is 0.671. The lowest BCUT2D eigenvalue weighted by Crippen LogP contribution is -2.04. The Morgan fingerprint density at radius 3 is 2.43 bits per heavy atom. The van der Waals surface area contributed by atoms with Crippen molar-refractivity contribution in [3.05, 3.63) is 58.6 Å². The highest BCUT2D eigenvalue weighted by atomic mass is 35.5. The number of benzene rings is 2. The first-order valence-electron chi connectivity index (χ1n) is 6.20. The second kappa shape index (κ2) is 5.39. The molecule has 0 N–H and O–H groups in total. The van der Waals surface area contributed by atoms with Crippen LogP contribution >= 0.6 is 22.5 Å². The van der Waals surface area contributed by atoms with E-state index in [1.165, 1.54) is 12.1 Å². The summed E-state index contributed by atoms with van der Waals surface area (Å²) in [4.78, 5) is 5.42. The molecule has 1 unspecified atom stereocenters. The number of nitrogens with zero attached hydrogens (tertiary/aromatic N) is 1. The first-order valence-corrected chi connectivity index (χ1v) is 8.17. The fraction of sp³-hybridized carbons (Fsp3) is 0.133. The molecule has 3 rings (SSSR count). The van der Waals surface area contributed by atoms with E-state index in [0.29, 0.717) is 10.8 Å². The van der Waals surface area contributed by atoms with Crippen LogP contribution in [0.1, 0.15) is 11.1 Å². The average Bonchev–Trinajstić information content (AvgIpc) is 2.81. The predicted octanol–water partition coefficient (Wildman–Crippen LogP) is 5.59. The van der Waals surface area contributed by atoms with Gasteiger partial charge in [-0.1, -0.05) is 23.7 Å². The molecule has 6 heteroatoms. The summed E-state index contributed by atoms with van der Waals surface area (Å²) in [6, 6.07) is 10.8. The van der Waals surface area contributed by atoms with Crippen molar-refractivity contribution < 1.29 is 13.2 Å². The van der Waals surface area contributed by atoms with Gasteiger partial charge in [-0.3, -0.25) is 4.99 Å². The standard InChI is InChI=1S/C15H11ClF3NS/c16-12-5-6-13-14(7-12)21(9-20-13)8-10-1-3-11(4-2-10)15(17,18)19/h1-7,9,21H,8H2. The van der Waals surface area contributed by atoms with Crippen molar-refractivity contribution in [2.24, 2.45) is 4.99 Å². The molecule has 0 saturated heterocycles. The minimum atomic E-state index is -4.29. The van der Waals surface area contributed by atoms with Crippen LogP contribution in [0.5, 0.6) is 0 Å². The van der Waals surface area contributed by atoms with Crippen LogP contribution in [-0.4, -0.2) is 5.55 Å². The number of rotatable bonds is 2. The van der Waals surface area contributed by atoms with Crippen molar-refractivity contribution in [2.75, 3.05) is 0 Å². The van der Waals surface area contributed by atoms with Gasteiger partial charge >= 0.3 is 6.18 Å². The van der Waals surface area contributed by atoms with Crippen LogP contribution in [-0.2, 0) is 11.9 Å². The normalized spacial score (nSPS) is 18.8. The minimum Gasteiger partial charge on any atom is -0.250 e. The molecular weight excluding hydrogens is 319 g/mol. The fourth-order valence-electron chi connectivity index (χ4n) is 2.15. The Bertz CT molecular complexity index is 695. The van der Waals surface area contributed by atoms with Gasteiger partial charge in [-0.25, -0.2) is 0 Å². The van der Waals surface area contributed by atoms with Gasteiger partial charge in [-0.2, -0.15) is 24.1 Å². The van der Waals surface area contributed by atoms with Crippen molar-refractivity contribution in [2.45, 2.75) is 16.8 Å². The van der Waals surface area contributed by atoms with E-state index in [0.717, 1.165) is 28.3 Å². The zero-order valence-corrected chi connectivity index (χ0v) is 12.4. The summed E-state index contributed by atoms with van der Waals surface area (Å²) in [7, 11) is -0.649. The summed E-state index contributed by atoms with van der Waals surface area (Å²) in [5, 5.41) is 0.652. The molecule has 1 aliphatic heterocycles. The SMILES string of the molecule is FC(F)(F)c1ccc(C[SH]2C=Nc3ccc(Cl)cc32)cc1. The minimum absolute atomic E-state index is 0.623. The maximum absolute atomic E-state index is 12.5. The van der Waals surface area contributed by atoms with Gasteiger partial charge in [-0.05, 0) is 35.9 Å². The van der Waals surface area contributed by atoms with Crippen LogP contribution in [0.2, 0.25) is 5.02 Å². The molecule has 2 aromatic rings. The molecule has 0 bridgehead atoms. The van der Waals surface area contributed by atoms with Crippen molar-refractivity contribution in [1.82, 2.24) is 0 Å². The third kappa shape index (κ3) is 3.09. The molecule has 1 aliphatic rings. The summed E-state index contributed by atoms with van der Waals surface area (Å²) in [6.45, 7) is 0. The lowest BCUT2D eigenvalue weighted by Gasteiger charge is -2.15. The number of hydrogen-bond acceptors (Lipinski definition) is 1. The van der Waals surface area contributed by atoms with Crippen molar-refractivity contribution >= 4 is 33.7 Å². The number of thiol groups is 1. The third-order valence-electron chi connectivity index (χ3n) is 3.22. The average molecular weight is 330 g/mol. The third-order valence-corrected chi connectivity index (χ3v) is 5.53. The quantitative estimate of drug-likeness (QED) is 0.689. The summed E-state index contributed by atoms with van der Waals surface area (Å²) < 4.78 is 37.6. The van der Waals surface area contributed by atoms with Gasteiger partial charge in [0.1, 0.15) is 0 Å². The maximum atomic E-state index is 12.5. The van der Waals surface area contributed by atoms with Crippen molar-refractivity contribution in [3.8, 4) is 0 Å². The number of alkyl halides is 3. The predicted molar refractivity (Wildman–Crippen MR) is 82.0 cm³/mol. The molecule has 1 heterocycles. The van der Waals surface area contributed by atoms with E-state index in [1.54, 1.807) is 6.07 Å². The van der Waals surface area contributed by atoms with Crippen molar-refractivity contribution in [1.29, 1.82) is 0 Å². The molecule has 21 heavy (non-hydrogen) atoms. The topological polar surface area (TPSA) is 12.4 Å². The van der Waals surface area contributed by atoms with E-state index in [2.05, 4.69) is 4.99 Å². The van der Waals surface area contributed by atoms with E-state index in [1.807, 2.05) is 17.7 Å².